The van der Waals surface area contributed by atoms with E-state index < -0.39 is 0 Å². The highest BCUT2D eigenvalue weighted by Gasteiger charge is 2.24. The molecule has 0 spiro atoms. The summed E-state index contributed by atoms with van der Waals surface area (Å²) in [7, 11) is 0. The highest BCUT2D eigenvalue weighted by Crippen LogP contribution is 2.29. The third-order valence-electron chi connectivity index (χ3n) is 2.99. The van der Waals surface area contributed by atoms with E-state index >= 15 is 0 Å². The molecular weight excluding hydrogens is 302 g/mol. The first-order valence-electron chi connectivity index (χ1n) is 5.91. The van der Waals surface area contributed by atoms with Crippen LogP contribution in [-0.4, -0.2) is 18.2 Å². The highest BCUT2D eigenvalue weighted by atomic mass is 79.9. The van der Waals surface area contributed by atoms with Crippen molar-refractivity contribution in [2.45, 2.75) is 44.9 Å². The molecule has 0 bridgehead atoms. The van der Waals surface area contributed by atoms with Gasteiger partial charge in [0.25, 0.3) is 0 Å². The number of hydrogen-bond acceptors (Lipinski definition) is 2. The predicted octanol–water partition coefficient (Wildman–Crippen LogP) is 4.47. The summed E-state index contributed by atoms with van der Waals surface area (Å²) in [5, 5.41) is 4.26. The van der Waals surface area contributed by atoms with Crippen LogP contribution in [0.25, 0.3) is 0 Å². The summed E-state index contributed by atoms with van der Waals surface area (Å²) in [5.41, 5.74) is 1.00. The molecule has 1 aromatic rings. The summed E-state index contributed by atoms with van der Waals surface area (Å²) in [6, 6.07) is 6.36. The molecule has 4 heteroatoms. The molecule has 0 radical (unpaired) electrons. The van der Waals surface area contributed by atoms with E-state index in [1.54, 1.807) is 0 Å². The number of halogens is 2. The summed E-state index contributed by atoms with van der Waals surface area (Å²) in [4.78, 5) is 0. The first-order valence-corrected chi connectivity index (χ1v) is 7.08. The summed E-state index contributed by atoms with van der Waals surface area (Å²) in [6.45, 7) is 4.24. The Hall–Kier alpha value is -0.250. The smallest absolute Gasteiger partial charge is 0.0648 e. The lowest BCUT2D eigenvalue weighted by Crippen LogP contribution is -2.36. The number of ether oxygens (including phenoxy) is 1. The SMILES string of the molecule is CC1CC(Nc2ccc(Br)cc2Cl)CC(C)O1. The van der Waals surface area contributed by atoms with E-state index in [1.165, 1.54) is 0 Å². The van der Waals surface area contributed by atoms with Gasteiger partial charge < -0.3 is 10.1 Å². The molecule has 1 N–H and O–H groups in total. The van der Waals surface area contributed by atoms with Gasteiger partial charge in [-0.15, -0.1) is 0 Å². The van der Waals surface area contributed by atoms with Gasteiger partial charge in [-0.05, 0) is 44.9 Å². The van der Waals surface area contributed by atoms with Crippen LogP contribution in [0.3, 0.4) is 0 Å². The summed E-state index contributed by atoms with van der Waals surface area (Å²) < 4.78 is 6.72. The van der Waals surface area contributed by atoms with E-state index in [0.29, 0.717) is 18.2 Å². The molecule has 1 aliphatic heterocycles. The van der Waals surface area contributed by atoms with Gasteiger partial charge in [-0.3, -0.25) is 0 Å². The van der Waals surface area contributed by atoms with Crippen molar-refractivity contribution < 1.29 is 4.74 Å². The van der Waals surface area contributed by atoms with Gasteiger partial charge in [0.1, 0.15) is 0 Å². The van der Waals surface area contributed by atoms with Crippen molar-refractivity contribution in [1.82, 2.24) is 0 Å². The standard InChI is InChI=1S/C13H17BrClNO/c1-8-5-11(6-9(2)17-8)16-13-4-3-10(14)7-12(13)15/h3-4,7-9,11,16H,5-6H2,1-2H3. The van der Waals surface area contributed by atoms with Gasteiger partial charge in [0.05, 0.1) is 22.9 Å². The van der Waals surface area contributed by atoms with Crippen molar-refractivity contribution >= 4 is 33.2 Å². The average Bonchev–Trinajstić information content (AvgIpc) is 2.21. The zero-order valence-corrected chi connectivity index (χ0v) is 12.4. The van der Waals surface area contributed by atoms with Crippen molar-refractivity contribution in [3.63, 3.8) is 0 Å². The molecule has 1 fully saturated rings. The Morgan fingerprint density at radius 2 is 1.94 bits per heavy atom. The molecule has 94 valence electrons. The summed E-state index contributed by atoms with van der Waals surface area (Å²) >= 11 is 9.61. The molecular formula is C13H17BrClNO. The Bertz CT molecular complexity index is 389. The Kier molecular flexibility index (Phi) is 4.34. The lowest BCUT2D eigenvalue weighted by atomic mass is 9.99. The minimum Gasteiger partial charge on any atom is -0.381 e. The Morgan fingerprint density at radius 1 is 1.29 bits per heavy atom. The lowest BCUT2D eigenvalue weighted by molar-refractivity contribution is -0.0337. The van der Waals surface area contributed by atoms with Crippen LogP contribution in [0.4, 0.5) is 5.69 Å². The molecule has 2 unspecified atom stereocenters. The zero-order valence-electron chi connectivity index (χ0n) is 10.0. The van der Waals surface area contributed by atoms with Crippen LogP contribution in [0.5, 0.6) is 0 Å². The number of rotatable bonds is 2. The molecule has 2 nitrogen and oxygen atoms in total. The molecule has 2 atom stereocenters. The third kappa shape index (κ3) is 3.60. The number of benzene rings is 1. The Morgan fingerprint density at radius 3 is 2.53 bits per heavy atom. The monoisotopic (exact) mass is 317 g/mol. The fraction of sp³-hybridized carbons (Fsp3) is 0.538. The Labute approximate surface area is 116 Å². The fourth-order valence-electron chi connectivity index (χ4n) is 2.35. The second kappa shape index (κ2) is 5.59. The van der Waals surface area contributed by atoms with Gasteiger partial charge in [0, 0.05) is 10.5 Å². The van der Waals surface area contributed by atoms with Gasteiger partial charge >= 0.3 is 0 Å². The van der Waals surface area contributed by atoms with E-state index in [2.05, 4.69) is 35.1 Å². The van der Waals surface area contributed by atoms with Crippen molar-refractivity contribution in [2.75, 3.05) is 5.32 Å². The molecule has 17 heavy (non-hydrogen) atoms. The lowest BCUT2D eigenvalue weighted by Gasteiger charge is -2.33. The minimum atomic E-state index is 0.311. The maximum absolute atomic E-state index is 6.20. The van der Waals surface area contributed by atoms with Crippen LogP contribution >= 0.6 is 27.5 Å². The van der Waals surface area contributed by atoms with Crippen LogP contribution in [0.2, 0.25) is 5.02 Å². The topological polar surface area (TPSA) is 21.3 Å². The molecule has 2 rings (SSSR count). The molecule has 1 aromatic carbocycles. The second-order valence-corrected chi connectivity index (χ2v) is 6.02. The molecule has 0 aliphatic carbocycles. The van der Waals surface area contributed by atoms with Crippen LogP contribution < -0.4 is 5.32 Å². The first kappa shape index (κ1) is 13.2. The number of hydrogen-bond donors (Lipinski definition) is 1. The molecule has 1 saturated heterocycles. The van der Waals surface area contributed by atoms with Gasteiger partial charge in [-0.2, -0.15) is 0 Å². The number of anilines is 1. The number of nitrogens with one attached hydrogen (secondary N) is 1. The molecule has 1 aliphatic rings. The maximum Gasteiger partial charge on any atom is 0.0648 e. The third-order valence-corrected chi connectivity index (χ3v) is 3.79. The summed E-state index contributed by atoms with van der Waals surface area (Å²) in [6.07, 6.45) is 2.67. The van der Waals surface area contributed by atoms with Crippen LogP contribution in [0.15, 0.2) is 22.7 Å². The first-order chi connectivity index (χ1) is 8.04. The average molecular weight is 319 g/mol. The van der Waals surface area contributed by atoms with Crippen molar-refractivity contribution in [3.05, 3.63) is 27.7 Å². The van der Waals surface area contributed by atoms with Crippen LogP contribution in [0.1, 0.15) is 26.7 Å². The fourth-order valence-corrected chi connectivity index (χ4v) is 3.08. The zero-order chi connectivity index (χ0) is 12.4. The van der Waals surface area contributed by atoms with Crippen molar-refractivity contribution in [1.29, 1.82) is 0 Å². The van der Waals surface area contributed by atoms with E-state index in [0.717, 1.165) is 28.0 Å². The van der Waals surface area contributed by atoms with Gasteiger partial charge in [0.2, 0.25) is 0 Å². The van der Waals surface area contributed by atoms with Crippen molar-refractivity contribution in [2.24, 2.45) is 0 Å². The second-order valence-electron chi connectivity index (χ2n) is 4.69. The molecule has 1 heterocycles. The predicted molar refractivity (Wildman–Crippen MR) is 75.8 cm³/mol. The quantitative estimate of drug-likeness (QED) is 0.868. The highest BCUT2D eigenvalue weighted by molar-refractivity contribution is 9.10. The summed E-state index contributed by atoms with van der Waals surface area (Å²) in [5.74, 6) is 0. The van der Waals surface area contributed by atoms with Crippen molar-refractivity contribution in [3.8, 4) is 0 Å². The van der Waals surface area contributed by atoms with Crippen LogP contribution in [-0.2, 0) is 4.74 Å². The minimum absolute atomic E-state index is 0.311. The van der Waals surface area contributed by atoms with Gasteiger partial charge in [-0.25, -0.2) is 0 Å². The van der Waals surface area contributed by atoms with E-state index in [-0.39, 0.29) is 0 Å². The van der Waals surface area contributed by atoms with E-state index in [1.807, 2.05) is 18.2 Å². The Balaban J connectivity index is 2.04. The van der Waals surface area contributed by atoms with Gasteiger partial charge in [0.15, 0.2) is 0 Å². The molecule has 0 aromatic heterocycles. The van der Waals surface area contributed by atoms with Gasteiger partial charge in [-0.1, -0.05) is 27.5 Å². The molecule has 0 amide bonds. The van der Waals surface area contributed by atoms with Crippen LogP contribution in [0, 0.1) is 0 Å². The molecule has 0 saturated carbocycles. The normalized spacial score (nSPS) is 29.1. The maximum atomic E-state index is 6.20. The van der Waals surface area contributed by atoms with E-state index in [4.69, 9.17) is 16.3 Å². The van der Waals surface area contributed by atoms with E-state index in [9.17, 15) is 0 Å². The largest absolute Gasteiger partial charge is 0.381 e.